The van der Waals surface area contributed by atoms with Gasteiger partial charge < -0.3 is 19.3 Å². The van der Waals surface area contributed by atoms with Crippen LogP contribution in [0.5, 0.6) is 0 Å². The lowest BCUT2D eigenvalue weighted by Crippen LogP contribution is -2.31. The van der Waals surface area contributed by atoms with Gasteiger partial charge in [0.1, 0.15) is 0 Å². The van der Waals surface area contributed by atoms with E-state index in [9.17, 15) is 5.11 Å². The second kappa shape index (κ2) is 14.3. The van der Waals surface area contributed by atoms with Gasteiger partial charge in [-0.05, 0) is 16.7 Å². The van der Waals surface area contributed by atoms with Crippen molar-refractivity contribution in [2.24, 2.45) is 5.92 Å². The molecule has 0 aliphatic carbocycles. The third kappa shape index (κ3) is 8.77. The molecule has 0 amide bonds. The maximum absolute atomic E-state index is 9.33. The normalized spacial score (nSPS) is 13.3. The summed E-state index contributed by atoms with van der Waals surface area (Å²) in [6.45, 7) is 2.41. The zero-order valence-electron chi connectivity index (χ0n) is 18.4. The summed E-state index contributed by atoms with van der Waals surface area (Å²) in [4.78, 5) is 0. The summed E-state index contributed by atoms with van der Waals surface area (Å²) in [5.41, 5.74) is 3.35. The van der Waals surface area contributed by atoms with Crippen molar-refractivity contribution in [3.8, 4) is 0 Å². The molecule has 3 rings (SSSR count). The second-order valence-corrected chi connectivity index (χ2v) is 7.61. The van der Waals surface area contributed by atoms with E-state index in [0.717, 1.165) is 16.7 Å². The van der Waals surface area contributed by atoms with Crippen molar-refractivity contribution in [1.82, 2.24) is 0 Å². The van der Waals surface area contributed by atoms with E-state index < -0.39 is 0 Å². The monoisotopic (exact) mass is 432 g/mol. The Kier molecular flexibility index (Phi) is 10.7. The molecule has 168 valence electrons. The fourth-order valence-corrected chi connectivity index (χ4v) is 3.35. The van der Waals surface area contributed by atoms with Crippen LogP contribution in [0.3, 0.4) is 0 Å². The first kappa shape index (κ1) is 23.9. The minimum absolute atomic E-state index is 0.0224. The maximum Gasteiger partial charge on any atom is 0.0897 e. The summed E-state index contributed by atoms with van der Waals surface area (Å²) in [5, 5.41) is 9.33. The van der Waals surface area contributed by atoms with Crippen LogP contribution < -0.4 is 0 Å². The van der Waals surface area contributed by atoms with Gasteiger partial charge in [-0.15, -0.1) is 0 Å². The number of hydrogen-bond donors (Lipinski definition) is 1. The van der Waals surface area contributed by atoms with Crippen LogP contribution in [0.15, 0.2) is 103 Å². The van der Waals surface area contributed by atoms with Gasteiger partial charge in [0.25, 0.3) is 0 Å². The molecule has 0 unspecified atom stereocenters. The molecular formula is C28H32O4. The minimum Gasteiger partial charge on any atom is -0.392 e. The van der Waals surface area contributed by atoms with Crippen molar-refractivity contribution >= 4 is 0 Å². The lowest BCUT2D eigenvalue weighted by atomic mass is 10.0. The molecule has 0 heterocycles. The molecule has 3 aromatic carbocycles. The Labute approximate surface area is 191 Å². The van der Waals surface area contributed by atoms with Crippen LogP contribution in [-0.4, -0.2) is 31.0 Å². The first-order valence-corrected chi connectivity index (χ1v) is 11.0. The third-order valence-corrected chi connectivity index (χ3v) is 5.09. The van der Waals surface area contributed by atoms with Crippen LogP contribution in [0.2, 0.25) is 0 Å². The fourth-order valence-electron chi connectivity index (χ4n) is 3.35. The SMILES string of the molecule is OC/C=C/[C@H](COCc1ccccc1)[C@H](COCc1ccccc1)OCc1ccccc1. The Morgan fingerprint density at radius 1 is 0.625 bits per heavy atom. The van der Waals surface area contributed by atoms with Crippen LogP contribution in [0, 0.1) is 5.92 Å². The Morgan fingerprint density at radius 2 is 1.09 bits per heavy atom. The standard InChI is InChI=1S/C28H32O4/c29-18-10-17-27(22-30-19-24-11-4-1-5-12-24)28(32-21-26-15-8-3-9-16-26)23-31-20-25-13-6-2-7-14-25/h1-17,27-29H,18-23H2/b17-10+/t27-,28+/m1/s1. The van der Waals surface area contributed by atoms with Crippen molar-refractivity contribution in [2.75, 3.05) is 19.8 Å². The van der Waals surface area contributed by atoms with E-state index in [4.69, 9.17) is 14.2 Å². The molecule has 1 N–H and O–H groups in total. The predicted octanol–water partition coefficient (Wildman–Crippen LogP) is 5.17. The van der Waals surface area contributed by atoms with E-state index in [1.807, 2.05) is 97.1 Å². The van der Waals surface area contributed by atoms with Gasteiger partial charge in [0.05, 0.1) is 45.7 Å². The van der Waals surface area contributed by atoms with Crippen molar-refractivity contribution in [3.63, 3.8) is 0 Å². The van der Waals surface area contributed by atoms with Crippen LogP contribution in [0.1, 0.15) is 16.7 Å². The highest BCUT2D eigenvalue weighted by Crippen LogP contribution is 2.17. The van der Waals surface area contributed by atoms with Gasteiger partial charge in [-0.1, -0.05) is 103 Å². The Balaban J connectivity index is 1.62. The zero-order valence-corrected chi connectivity index (χ0v) is 18.4. The molecule has 2 atom stereocenters. The number of benzene rings is 3. The molecule has 32 heavy (non-hydrogen) atoms. The maximum atomic E-state index is 9.33. The van der Waals surface area contributed by atoms with E-state index in [1.54, 1.807) is 6.08 Å². The van der Waals surface area contributed by atoms with E-state index >= 15 is 0 Å². The van der Waals surface area contributed by atoms with Crippen LogP contribution >= 0.6 is 0 Å². The number of hydrogen-bond acceptors (Lipinski definition) is 4. The molecule has 4 nitrogen and oxygen atoms in total. The lowest BCUT2D eigenvalue weighted by molar-refractivity contribution is -0.0665. The van der Waals surface area contributed by atoms with Crippen molar-refractivity contribution in [1.29, 1.82) is 0 Å². The quantitative estimate of drug-likeness (QED) is 0.357. The molecule has 0 aromatic heterocycles. The van der Waals surface area contributed by atoms with Gasteiger partial charge in [-0.25, -0.2) is 0 Å². The summed E-state index contributed by atoms with van der Waals surface area (Å²) in [6.07, 6.45) is 3.50. The molecule has 0 fully saturated rings. The van der Waals surface area contributed by atoms with Gasteiger partial charge in [0, 0.05) is 5.92 Å². The number of aliphatic hydroxyl groups excluding tert-OH is 1. The van der Waals surface area contributed by atoms with E-state index in [2.05, 4.69) is 0 Å². The molecule has 0 aliphatic rings. The fraction of sp³-hybridized carbons (Fsp3) is 0.286. The third-order valence-electron chi connectivity index (χ3n) is 5.09. The molecule has 3 aromatic rings. The van der Waals surface area contributed by atoms with Crippen molar-refractivity contribution in [2.45, 2.75) is 25.9 Å². The van der Waals surface area contributed by atoms with Crippen molar-refractivity contribution in [3.05, 3.63) is 120 Å². The number of ether oxygens (including phenoxy) is 3. The number of rotatable bonds is 14. The average molecular weight is 433 g/mol. The van der Waals surface area contributed by atoms with Gasteiger partial charge in [0.15, 0.2) is 0 Å². The highest BCUT2D eigenvalue weighted by molar-refractivity contribution is 5.15. The smallest absolute Gasteiger partial charge is 0.0897 e. The second-order valence-electron chi connectivity index (χ2n) is 7.61. The molecule has 0 saturated heterocycles. The van der Waals surface area contributed by atoms with Crippen LogP contribution in [0.4, 0.5) is 0 Å². The summed E-state index contributed by atoms with van der Waals surface area (Å²) < 4.78 is 18.3. The largest absolute Gasteiger partial charge is 0.392 e. The van der Waals surface area contributed by atoms with E-state index in [-0.39, 0.29) is 18.6 Å². The molecular weight excluding hydrogens is 400 g/mol. The summed E-state index contributed by atoms with van der Waals surface area (Å²) in [7, 11) is 0. The first-order valence-electron chi connectivity index (χ1n) is 11.0. The molecule has 4 heteroatoms. The van der Waals surface area contributed by atoms with Gasteiger partial charge in [-0.2, -0.15) is 0 Å². The molecule has 0 aliphatic heterocycles. The lowest BCUT2D eigenvalue weighted by Gasteiger charge is -2.25. The summed E-state index contributed by atoms with van der Waals surface area (Å²) in [6, 6.07) is 30.3. The molecule has 0 bridgehead atoms. The Morgan fingerprint density at radius 3 is 1.59 bits per heavy atom. The van der Waals surface area contributed by atoms with E-state index in [0.29, 0.717) is 33.0 Å². The topological polar surface area (TPSA) is 47.9 Å². The van der Waals surface area contributed by atoms with E-state index in [1.165, 1.54) is 0 Å². The zero-order chi connectivity index (χ0) is 22.3. The van der Waals surface area contributed by atoms with Gasteiger partial charge >= 0.3 is 0 Å². The molecule has 0 radical (unpaired) electrons. The van der Waals surface area contributed by atoms with Crippen LogP contribution in [-0.2, 0) is 34.0 Å². The summed E-state index contributed by atoms with van der Waals surface area (Å²) >= 11 is 0. The molecule has 0 spiro atoms. The number of aliphatic hydroxyl groups is 1. The Hall–Kier alpha value is -2.76. The summed E-state index contributed by atoms with van der Waals surface area (Å²) in [5.74, 6) is -0.0506. The Bertz CT molecular complexity index is 881. The average Bonchev–Trinajstić information content (AvgIpc) is 2.85. The van der Waals surface area contributed by atoms with Crippen molar-refractivity contribution < 1.29 is 19.3 Å². The molecule has 0 saturated carbocycles. The van der Waals surface area contributed by atoms with Gasteiger partial charge in [-0.3, -0.25) is 0 Å². The predicted molar refractivity (Wildman–Crippen MR) is 127 cm³/mol. The first-order chi connectivity index (χ1) is 15.8. The van der Waals surface area contributed by atoms with Crippen LogP contribution in [0.25, 0.3) is 0 Å². The highest BCUT2D eigenvalue weighted by atomic mass is 16.5. The van der Waals surface area contributed by atoms with Gasteiger partial charge in [0.2, 0.25) is 0 Å². The highest BCUT2D eigenvalue weighted by Gasteiger charge is 2.21. The minimum atomic E-state index is -0.211.